The molecule has 7 rings (SSSR count). The molecular formula is C43H42FIrN3SSi-2. The minimum Gasteiger partial charge on any atom is -0.305 e. The van der Waals surface area contributed by atoms with Crippen LogP contribution in [-0.2, 0) is 20.1 Å². The summed E-state index contributed by atoms with van der Waals surface area (Å²) in [6.45, 7) is 14.7. The van der Waals surface area contributed by atoms with E-state index in [0.717, 1.165) is 53.9 Å². The van der Waals surface area contributed by atoms with Gasteiger partial charge in [-0.1, -0.05) is 80.3 Å². The Labute approximate surface area is 320 Å². The van der Waals surface area contributed by atoms with Gasteiger partial charge >= 0.3 is 0 Å². The largest absolute Gasteiger partial charge is 0.305 e. The predicted molar refractivity (Wildman–Crippen MR) is 209 cm³/mol. The summed E-state index contributed by atoms with van der Waals surface area (Å²) < 4.78 is 45.5. The van der Waals surface area contributed by atoms with Gasteiger partial charge in [-0.2, -0.15) is 11.3 Å². The molecule has 4 heterocycles. The monoisotopic (exact) mass is 876 g/mol. The zero-order chi connectivity index (χ0) is 38.5. The zero-order valence-corrected chi connectivity index (χ0v) is 33.8. The quantitative estimate of drug-likeness (QED) is 0.128. The number of hydrogen-bond acceptors (Lipinski definition) is 4. The summed E-state index contributed by atoms with van der Waals surface area (Å²) in [6, 6.07) is 28.5. The second-order valence-electron chi connectivity index (χ2n) is 13.7. The van der Waals surface area contributed by atoms with Crippen molar-refractivity contribution in [3.63, 3.8) is 0 Å². The molecule has 7 heteroatoms. The number of rotatable bonds is 5. The van der Waals surface area contributed by atoms with Crippen LogP contribution in [-0.4, -0.2) is 23.0 Å². The van der Waals surface area contributed by atoms with Crippen molar-refractivity contribution in [2.75, 3.05) is 0 Å². The van der Waals surface area contributed by atoms with Crippen LogP contribution in [0.2, 0.25) is 19.6 Å². The molecule has 4 aromatic heterocycles. The molecule has 0 N–H and O–H groups in total. The Balaban J connectivity index is 0.000000223. The molecule has 0 saturated heterocycles. The maximum atomic E-state index is 13.0. The third-order valence-electron chi connectivity index (χ3n) is 8.58. The van der Waals surface area contributed by atoms with Crippen molar-refractivity contribution in [1.29, 1.82) is 0 Å². The Morgan fingerprint density at radius 2 is 1.64 bits per heavy atom. The average molecular weight is 876 g/mol. The van der Waals surface area contributed by atoms with Gasteiger partial charge in [0.25, 0.3) is 0 Å². The third kappa shape index (κ3) is 7.87. The van der Waals surface area contributed by atoms with E-state index < -0.39 is 20.8 Å². The van der Waals surface area contributed by atoms with Gasteiger partial charge in [-0.25, -0.2) is 4.98 Å². The van der Waals surface area contributed by atoms with Crippen molar-refractivity contribution in [2.24, 2.45) is 0 Å². The summed E-state index contributed by atoms with van der Waals surface area (Å²) in [5.41, 5.74) is 10.5. The van der Waals surface area contributed by atoms with Gasteiger partial charge in [0.15, 0.2) is 0 Å². The van der Waals surface area contributed by atoms with E-state index in [1.165, 1.54) is 50.9 Å². The molecule has 257 valence electrons. The smallest absolute Gasteiger partial charge is 0.113 e. The van der Waals surface area contributed by atoms with Gasteiger partial charge in [0, 0.05) is 49.5 Å². The minimum atomic E-state index is -2.22. The molecule has 3 aromatic carbocycles. The first-order chi connectivity index (χ1) is 24.8. The Kier molecular flexibility index (Phi) is 9.72. The van der Waals surface area contributed by atoms with E-state index in [2.05, 4.69) is 85.7 Å². The number of thiophene rings is 1. The first-order valence-electron chi connectivity index (χ1n) is 18.3. The van der Waals surface area contributed by atoms with Gasteiger partial charge in [-0.15, -0.1) is 53.6 Å². The number of nitrogens with zero attached hydrogens (tertiary/aromatic N) is 3. The second kappa shape index (κ2) is 15.2. The number of fused-ring (bicyclic) bond motifs is 3. The molecule has 50 heavy (non-hydrogen) atoms. The van der Waals surface area contributed by atoms with Gasteiger partial charge in [-0.3, -0.25) is 4.39 Å². The maximum absolute atomic E-state index is 13.0. The number of halogens is 1. The third-order valence-corrected chi connectivity index (χ3v) is 11.7. The van der Waals surface area contributed by atoms with Crippen molar-refractivity contribution in [2.45, 2.75) is 67.0 Å². The van der Waals surface area contributed by atoms with E-state index in [0.29, 0.717) is 0 Å². The number of aryl methyl sites for hydroxylation is 4. The maximum Gasteiger partial charge on any atom is 0.113 e. The van der Waals surface area contributed by atoms with Gasteiger partial charge in [0.2, 0.25) is 0 Å². The van der Waals surface area contributed by atoms with Crippen molar-refractivity contribution in [3.8, 4) is 33.6 Å². The molecule has 3 nitrogen and oxygen atoms in total. The Morgan fingerprint density at radius 1 is 0.880 bits per heavy atom. The topological polar surface area (TPSA) is 38.7 Å². The van der Waals surface area contributed by atoms with Crippen LogP contribution in [0.15, 0.2) is 85.2 Å². The normalized spacial score (nSPS) is 13.1. The first kappa shape index (κ1) is 32.1. The summed E-state index contributed by atoms with van der Waals surface area (Å²) in [4.78, 5) is 14.3. The SMILES string of the molecule is [2H]C(C)(C)c1cc(-c2[c-]cc(F)cc2)ncc1[Si](C)(C)C.[2H]C([2H])([2H])c1ccc2c(n1)sc1c(-c3cc(-c4c(C)cc(C)cc4C)ccn3)[c-]ccc12.[Ir]. The van der Waals surface area contributed by atoms with E-state index in [1.807, 2.05) is 56.6 Å². The fraction of sp³-hybridized carbons (Fsp3) is 0.233. The Morgan fingerprint density at radius 3 is 2.30 bits per heavy atom. The fourth-order valence-electron chi connectivity index (χ4n) is 6.35. The number of aromatic nitrogens is 3. The van der Waals surface area contributed by atoms with Gasteiger partial charge < -0.3 is 9.97 Å². The Hall–Kier alpha value is -3.87. The standard InChI is InChI=1S/C26H21N2S.C17H21FNSi.Ir/c1-15-12-16(2)24(17(3)13-15)19-10-11-27-23(14-19)22-7-5-6-20-21-9-8-18(4)28-26(21)29-25(20)22;1-12(2)15-10-16(13-6-8-14(18)9-7-13)19-11-17(15)20(3,4)5;/h5-6,8-14H,1-4H3;6,8-12H,1-5H3;/q2*-1;/i4D3;12D;. The molecule has 0 saturated carbocycles. The molecule has 0 unspecified atom stereocenters. The molecule has 1 radical (unpaired) electrons. The molecule has 0 aliphatic heterocycles. The summed E-state index contributed by atoms with van der Waals surface area (Å²) in [6.07, 6.45) is 3.73. The molecule has 0 aliphatic carbocycles. The Bertz CT molecular complexity index is 2450. The van der Waals surface area contributed by atoms with Crippen LogP contribution in [0.4, 0.5) is 4.39 Å². The fourth-order valence-corrected chi connectivity index (χ4v) is 9.11. The molecule has 0 fully saturated rings. The minimum absolute atomic E-state index is 0. The summed E-state index contributed by atoms with van der Waals surface area (Å²) in [7, 11) is -1.57. The van der Waals surface area contributed by atoms with Crippen LogP contribution in [0.5, 0.6) is 0 Å². The van der Waals surface area contributed by atoms with Gasteiger partial charge in [-0.05, 0) is 94.6 Å². The zero-order valence-electron chi connectivity index (χ0n) is 33.5. The molecule has 0 spiro atoms. The van der Waals surface area contributed by atoms with Gasteiger partial charge in [0.1, 0.15) is 4.83 Å². The van der Waals surface area contributed by atoms with Crippen molar-refractivity contribution < 1.29 is 30.0 Å². The van der Waals surface area contributed by atoms with E-state index in [1.54, 1.807) is 12.1 Å². The van der Waals surface area contributed by atoms with Crippen molar-refractivity contribution in [1.82, 2.24) is 15.0 Å². The summed E-state index contributed by atoms with van der Waals surface area (Å²) >= 11 is 1.49. The van der Waals surface area contributed by atoms with Crippen LogP contribution < -0.4 is 5.19 Å². The van der Waals surface area contributed by atoms with Crippen LogP contribution in [0, 0.1) is 45.6 Å². The van der Waals surface area contributed by atoms with Crippen LogP contribution in [0.25, 0.3) is 53.9 Å². The van der Waals surface area contributed by atoms with Crippen molar-refractivity contribution in [3.05, 3.63) is 131 Å². The molecule has 0 aliphatic rings. The first-order valence-corrected chi connectivity index (χ1v) is 20.6. The van der Waals surface area contributed by atoms with Crippen LogP contribution >= 0.6 is 11.3 Å². The molecule has 0 bridgehead atoms. The van der Waals surface area contributed by atoms with E-state index in [4.69, 9.17) is 5.48 Å². The average Bonchev–Trinajstić information content (AvgIpc) is 3.46. The number of benzene rings is 3. The molecular weight excluding hydrogens is 830 g/mol. The van der Waals surface area contributed by atoms with E-state index >= 15 is 0 Å². The molecule has 0 amide bonds. The number of hydrogen-bond donors (Lipinski definition) is 0. The summed E-state index contributed by atoms with van der Waals surface area (Å²) in [5, 5.41) is 3.20. The molecule has 7 aromatic rings. The summed E-state index contributed by atoms with van der Waals surface area (Å²) in [5.74, 6) is -0.994. The predicted octanol–water partition coefficient (Wildman–Crippen LogP) is 11.6. The van der Waals surface area contributed by atoms with Crippen molar-refractivity contribution >= 4 is 44.9 Å². The second-order valence-corrected chi connectivity index (χ2v) is 19.8. The van der Waals surface area contributed by atoms with E-state index in [-0.39, 0.29) is 31.6 Å². The van der Waals surface area contributed by atoms with Crippen LogP contribution in [0.1, 0.15) is 53.2 Å². The van der Waals surface area contributed by atoms with Gasteiger partial charge in [0.05, 0.1) is 8.07 Å². The van der Waals surface area contributed by atoms with Crippen LogP contribution in [0.3, 0.4) is 0 Å². The van der Waals surface area contributed by atoms with E-state index in [9.17, 15) is 4.39 Å². The molecule has 0 atom stereocenters. The number of pyridine rings is 3.